The second kappa shape index (κ2) is 5.16. The number of hydrogen-bond acceptors (Lipinski definition) is 5. The van der Waals surface area contributed by atoms with Gasteiger partial charge in [0.1, 0.15) is 0 Å². The Morgan fingerprint density at radius 3 is 2.78 bits per heavy atom. The van der Waals surface area contributed by atoms with Crippen molar-refractivity contribution in [3.63, 3.8) is 0 Å². The predicted molar refractivity (Wildman–Crippen MR) is 84.1 cm³/mol. The van der Waals surface area contributed by atoms with E-state index in [1.165, 1.54) is 5.56 Å². The number of carbonyl (C=O) groups is 1. The minimum atomic E-state index is 0.218. The second-order valence-electron chi connectivity index (χ2n) is 7.14. The number of amides is 1. The highest BCUT2D eigenvalue weighted by atomic mass is 16.5. The molecule has 4 heterocycles. The van der Waals surface area contributed by atoms with Crippen LogP contribution in [0.4, 0.5) is 5.95 Å². The van der Waals surface area contributed by atoms with Gasteiger partial charge in [-0.3, -0.25) is 4.79 Å². The van der Waals surface area contributed by atoms with Crippen LogP contribution >= 0.6 is 0 Å². The molecule has 2 atom stereocenters. The van der Waals surface area contributed by atoms with Crippen molar-refractivity contribution in [2.45, 2.75) is 44.2 Å². The lowest BCUT2D eigenvalue weighted by Gasteiger charge is -2.36. The van der Waals surface area contributed by atoms with E-state index < -0.39 is 0 Å². The van der Waals surface area contributed by atoms with Crippen molar-refractivity contribution in [3.8, 4) is 0 Å². The third-order valence-electron chi connectivity index (χ3n) is 5.65. The molecule has 3 fully saturated rings. The van der Waals surface area contributed by atoms with E-state index in [-0.39, 0.29) is 6.04 Å². The highest BCUT2D eigenvalue weighted by Gasteiger charge is 2.47. The van der Waals surface area contributed by atoms with Crippen molar-refractivity contribution >= 4 is 11.9 Å². The zero-order valence-corrected chi connectivity index (χ0v) is 13.3. The van der Waals surface area contributed by atoms with Crippen LogP contribution in [0.15, 0.2) is 6.20 Å². The molecule has 0 radical (unpaired) electrons. The maximum atomic E-state index is 12.6. The quantitative estimate of drug-likeness (QED) is 0.824. The zero-order chi connectivity index (χ0) is 15.4. The summed E-state index contributed by atoms with van der Waals surface area (Å²) in [5, 5.41) is 0. The van der Waals surface area contributed by atoms with E-state index in [9.17, 15) is 4.79 Å². The minimum absolute atomic E-state index is 0.218. The fraction of sp³-hybridized carbons (Fsp3) is 0.706. The van der Waals surface area contributed by atoms with E-state index in [0.717, 1.165) is 70.0 Å². The fourth-order valence-corrected chi connectivity index (χ4v) is 4.26. The van der Waals surface area contributed by atoms with Crippen LogP contribution in [0.2, 0.25) is 0 Å². The molecule has 1 aromatic heterocycles. The van der Waals surface area contributed by atoms with Gasteiger partial charge in [0, 0.05) is 43.2 Å². The van der Waals surface area contributed by atoms with Crippen molar-refractivity contribution in [2.75, 3.05) is 31.2 Å². The second-order valence-corrected chi connectivity index (χ2v) is 7.14. The largest absolute Gasteiger partial charge is 0.378 e. The number of carbonyl (C=O) groups excluding carboxylic acids is 1. The molecule has 0 aromatic carbocycles. The van der Waals surface area contributed by atoms with Gasteiger partial charge >= 0.3 is 0 Å². The number of morpholine rings is 1. The molecule has 0 spiro atoms. The summed E-state index contributed by atoms with van der Waals surface area (Å²) < 4.78 is 5.41. The van der Waals surface area contributed by atoms with E-state index in [2.05, 4.69) is 14.8 Å². The molecule has 0 unspecified atom stereocenters. The van der Waals surface area contributed by atoms with E-state index >= 15 is 0 Å². The molecule has 4 aliphatic rings. The third kappa shape index (κ3) is 2.23. The summed E-state index contributed by atoms with van der Waals surface area (Å²) in [6, 6.07) is 0.573. The lowest BCUT2D eigenvalue weighted by atomic mass is 9.98. The minimum Gasteiger partial charge on any atom is -0.378 e. The summed E-state index contributed by atoms with van der Waals surface area (Å²) in [4.78, 5) is 26.4. The predicted octanol–water partition coefficient (Wildman–Crippen LogP) is 1.31. The molecule has 1 aliphatic carbocycles. The molecule has 6 nitrogen and oxygen atoms in total. The molecule has 2 saturated heterocycles. The maximum absolute atomic E-state index is 12.6. The first-order chi connectivity index (χ1) is 11.3. The molecule has 23 heavy (non-hydrogen) atoms. The summed E-state index contributed by atoms with van der Waals surface area (Å²) in [5.41, 5.74) is 2.35. The van der Waals surface area contributed by atoms with E-state index in [0.29, 0.717) is 17.9 Å². The van der Waals surface area contributed by atoms with Crippen LogP contribution in [0.3, 0.4) is 0 Å². The molecular weight excluding hydrogens is 292 g/mol. The van der Waals surface area contributed by atoms with Crippen LogP contribution in [0.5, 0.6) is 0 Å². The van der Waals surface area contributed by atoms with E-state index in [1.807, 2.05) is 6.20 Å². The monoisotopic (exact) mass is 314 g/mol. The summed E-state index contributed by atoms with van der Waals surface area (Å²) in [6.45, 7) is 3.21. The molecule has 6 heteroatoms. The molecule has 1 saturated carbocycles. The Morgan fingerprint density at radius 2 is 2.00 bits per heavy atom. The molecular formula is C17H22N4O2. The number of aromatic nitrogens is 2. The first-order valence-electron chi connectivity index (χ1n) is 8.82. The van der Waals surface area contributed by atoms with Gasteiger partial charge in [0.25, 0.3) is 0 Å². The highest BCUT2D eigenvalue weighted by molar-refractivity contribution is 5.82. The Bertz CT molecular complexity index is 639. The van der Waals surface area contributed by atoms with Crippen molar-refractivity contribution in [3.05, 3.63) is 17.5 Å². The molecule has 5 rings (SSSR count). The number of nitrogens with zero attached hydrogens (tertiary/aromatic N) is 4. The molecule has 0 N–H and O–H groups in total. The van der Waals surface area contributed by atoms with Crippen molar-refractivity contribution in [2.24, 2.45) is 5.92 Å². The van der Waals surface area contributed by atoms with Crippen LogP contribution in [0, 0.1) is 5.92 Å². The van der Waals surface area contributed by atoms with Gasteiger partial charge in [0.15, 0.2) is 0 Å². The van der Waals surface area contributed by atoms with Gasteiger partial charge in [0.05, 0.1) is 24.9 Å². The van der Waals surface area contributed by atoms with E-state index in [4.69, 9.17) is 9.72 Å². The SMILES string of the molecule is O=C(C1CC1)N1[C@H]2CC[C@@H]1c1cnc(N3CCOCC3)nc1C2. The summed E-state index contributed by atoms with van der Waals surface area (Å²) in [6.07, 6.45) is 7.20. The first-order valence-corrected chi connectivity index (χ1v) is 8.82. The lowest BCUT2D eigenvalue weighted by molar-refractivity contribution is -0.136. The Morgan fingerprint density at radius 1 is 1.17 bits per heavy atom. The smallest absolute Gasteiger partial charge is 0.226 e. The number of fused-ring (bicyclic) bond motifs is 4. The maximum Gasteiger partial charge on any atom is 0.226 e. The van der Waals surface area contributed by atoms with Gasteiger partial charge < -0.3 is 14.5 Å². The summed E-state index contributed by atoms with van der Waals surface area (Å²) in [7, 11) is 0. The van der Waals surface area contributed by atoms with Gasteiger partial charge in [-0.05, 0) is 25.7 Å². The van der Waals surface area contributed by atoms with Gasteiger partial charge in [-0.1, -0.05) is 0 Å². The standard InChI is InChI=1S/C17H22N4O2/c22-16(11-1-2-11)21-12-3-4-15(21)13-10-18-17(19-14(13)9-12)20-5-7-23-8-6-20/h10-12,15H,1-9H2/t12-,15+/m0/s1. The van der Waals surface area contributed by atoms with Crippen LogP contribution in [-0.4, -0.2) is 53.1 Å². The molecule has 1 amide bonds. The number of rotatable bonds is 2. The first kappa shape index (κ1) is 13.7. The molecule has 1 aromatic rings. The highest BCUT2D eigenvalue weighted by Crippen LogP contribution is 2.46. The Balaban J connectivity index is 1.44. The summed E-state index contributed by atoms with van der Waals surface area (Å²) in [5.74, 6) is 1.50. The van der Waals surface area contributed by atoms with Crippen LogP contribution in [0.1, 0.15) is 43.0 Å². The summed E-state index contributed by atoms with van der Waals surface area (Å²) >= 11 is 0. The van der Waals surface area contributed by atoms with Gasteiger partial charge in [-0.25, -0.2) is 9.97 Å². The van der Waals surface area contributed by atoms with Gasteiger partial charge in [-0.15, -0.1) is 0 Å². The van der Waals surface area contributed by atoms with Crippen LogP contribution in [0.25, 0.3) is 0 Å². The number of hydrogen-bond donors (Lipinski definition) is 0. The van der Waals surface area contributed by atoms with Gasteiger partial charge in [-0.2, -0.15) is 0 Å². The van der Waals surface area contributed by atoms with Crippen LogP contribution in [-0.2, 0) is 16.0 Å². The Labute approximate surface area is 135 Å². The van der Waals surface area contributed by atoms with Crippen molar-refractivity contribution < 1.29 is 9.53 Å². The molecule has 2 bridgehead atoms. The van der Waals surface area contributed by atoms with Gasteiger partial charge in [0.2, 0.25) is 11.9 Å². The third-order valence-corrected chi connectivity index (χ3v) is 5.65. The van der Waals surface area contributed by atoms with Crippen LogP contribution < -0.4 is 4.90 Å². The number of anilines is 1. The Hall–Kier alpha value is -1.69. The molecule has 122 valence electrons. The fourth-order valence-electron chi connectivity index (χ4n) is 4.26. The zero-order valence-electron chi connectivity index (χ0n) is 13.3. The average molecular weight is 314 g/mol. The van der Waals surface area contributed by atoms with Crippen molar-refractivity contribution in [1.29, 1.82) is 0 Å². The van der Waals surface area contributed by atoms with E-state index in [1.54, 1.807) is 0 Å². The van der Waals surface area contributed by atoms with Crippen molar-refractivity contribution in [1.82, 2.24) is 14.9 Å². The topological polar surface area (TPSA) is 58.6 Å². The Kier molecular flexibility index (Phi) is 3.08. The molecule has 3 aliphatic heterocycles. The lowest BCUT2D eigenvalue weighted by Crippen LogP contribution is -2.43. The average Bonchev–Trinajstić information content (AvgIpc) is 3.39. The normalized spacial score (nSPS) is 29.6. The number of ether oxygens (including phenoxy) is 1.